The molecule has 16 heavy (non-hydrogen) atoms. The summed E-state index contributed by atoms with van der Waals surface area (Å²) in [6.45, 7) is 2.42. The molecule has 0 atom stereocenters. The molecule has 0 aliphatic carbocycles. The summed E-state index contributed by atoms with van der Waals surface area (Å²) in [5.41, 5.74) is 0.560. The molecule has 0 spiro atoms. The maximum Gasteiger partial charge on any atom is 0.266 e. The van der Waals surface area contributed by atoms with E-state index in [-0.39, 0.29) is 5.56 Å². The first-order valence-corrected chi connectivity index (χ1v) is 5.66. The number of anilines is 1. The average molecular weight is 237 g/mol. The number of rotatable bonds is 3. The van der Waals surface area contributed by atoms with Crippen LogP contribution in [0.1, 0.15) is 6.92 Å². The molecule has 7 heteroatoms. The lowest BCUT2D eigenvalue weighted by molar-refractivity contribution is 0.618. The lowest BCUT2D eigenvalue weighted by Gasteiger charge is -2.00. The van der Waals surface area contributed by atoms with Gasteiger partial charge in [0.15, 0.2) is 5.01 Å². The number of nitrogens with zero attached hydrogens (tertiary/aromatic N) is 4. The Morgan fingerprint density at radius 3 is 2.88 bits per heavy atom. The SMILES string of the molecule is CCn1nc(-c2nnc(NC)s2)ccc1=O. The maximum absolute atomic E-state index is 11.4. The third-order valence-corrected chi connectivity index (χ3v) is 2.99. The predicted molar refractivity (Wildman–Crippen MR) is 62.6 cm³/mol. The van der Waals surface area contributed by atoms with Crippen molar-refractivity contribution < 1.29 is 0 Å². The van der Waals surface area contributed by atoms with Crippen molar-refractivity contribution in [3.63, 3.8) is 0 Å². The number of hydrogen-bond acceptors (Lipinski definition) is 6. The van der Waals surface area contributed by atoms with E-state index in [4.69, 9.17) is 0 Å². The number of nitrogens with one attached hydrogen (secondary N) is 1. The van der Waals surface area contributed by atoms with Crippen LogP contribution in [-0.4, -0.2) is 27.0 Å². The van der Waals surface area contributed by atoms with Crippen LogP contribution in [0.3, 0.4) is 0 Å². The molecule has 0 fully saturated rings. The molecule has 0 radical (unpaired) electrons. The quantitative estimate of drug-likeness (QED) is 0.855. The molecule has 1 N–H and O–H groups in total. The standard InChI is InChI=1S/C9H11N5OS/c1-3-14-7(15)5-4-6(13-14)8-11-12-9(10-2)16-8/h4-5H,3H2,1-2H3,(H,10,12). The third-order valence-electron chi connectivity index (χ3n) is 2.02. The van der Waals surface area contributed by atoms with E-state index in [1.807, 2.05) is 6.92 Å². The zero-order valence-electron chi connectivity index (χ0n) is 8.97. The molecule has 0 aliphatic rings. The van der Waals surface area contributed by atoms with Crippen LogP contribution in [0, 0.1) is 0 Å². The van der Waals surface area contributed by atoms with Crippen molar-refractivity contribution in [2.45, 2.75) is 13.5 Å². The molecular weight excluding hydrogens is 226 g/mol. The molecule has 6 nitrogen and oxygen atoms in total. The van der Waals surface area contributed by atoms with Crippen LogP contribution in [0.2, 0.25) is 0 Å². The highest BCUT2D eigenvalue weighted by atomic mass is 32.1. The largest absolute Gasteiger partial charge is 0.363 e. The summed E-state index contributed by atoms with van der Waals surface area (Å²) < 4.78 is 1.40. The Balaban J connectivity index is 2.44. The van der Waals surface area contributed by atoms with E-state index in [0.29, 0.717) is 17.2 Å². The van der Waals surface area contributed by atoms with Crippen molar-refractivity contribution in [2.75, 3.05) is 12.4 Å². The van der Waals surface area contributed by atoms with Crippen LogP contribution in [0.25, 0.3) is 10.7 Å². The molecule has 0 aromatic carbocycles. The Morgan fingerprint density at radius 2 is 2.25 bits per heavy atom. The van der Waals surface area contributed by atoms with Crippen LogP contribution in [0.4, 0.5) is 5.13 Å². The van der Waals surface area contributed by atoms with Gasteiger partial charge in [-0.3, -0.25) is 4.79 Å². The van der Waals surface area contributed by atoms with Gasteiger partial charge in [-0.25, -0.2) is 4.68 Å². The fourth-order valence-electron chi connectivity index (χ4n) is 1.22. The first-order valence-electron chi connectivity index (χ1n) is 4.84. The van der Waals surface area contributed by atoms with E-state index in [2.05, 4.69) is 20.6 Å². The summed E-state index contributed by atoms with van der Waals surface area (Å²) >= 11 is 1.40. The van der Waals surface area contributed by atoms with Gasteiger partial charge in [0.05, 0.1) is 0 Å². The first kappa shape index (κ1) is 10.7. The highest BCUT2D eigenvalue weighted by Gasteiger charge is 2.08. The zero-order chi connectivity index (χ0) is 11.5. The Hall–Kier alpha value is -1.76. The third kappa shape index (κ3) is 1.94. The van der Waals surface area contributed by atoms with Crippen LogP contribution in [0.5, 0.6) is 0 Å². The van der Waals surface area contributed by atoms with Crippen LogP contribution in [0.15, 0.2) is 16.9 Å². The monoisotopic (exact) mass is 237 g/mol. The van der Waals surface area contributed by atoms with E-state index in [1.54, 1.807) is 13.1 Å². The fraction of sp³-hybridized carbons (Fsp3) is 0.333. The van der Waals surface area contributed by atoms with Gasteiger partial charge in [0, 0.05) is 19.7 Å². The van der Waals surface area contributed by atoms with Gasteiger partial charge in [0.25, 0.3) is 5.56 Å². The Labute approximate surface area is 96.0 Å². The Morgan fingerprint density at radius 1 is 1.44 bits per heavy atom. The van der Waals surface area contributed by atoms with Gasteiger partial charge in [-0.05, 0) is 13.0 Å². The van der Waals surface area contributed by atoms with Gasteiger partial charge in [-0.15, -0.1) is 10.2 Å². The lowest BCUT2D eigenvalue weighted by Crippen LogP contribution is -2.20. The topological polar surface area (TPSA) is 72.7 Å². The van der Waals surface area contributed by atoms with Gasteiger partial charge in [-0.2, -0.15) is 5.10 Å². The molecule has 0 saturated heterocycles. The minimum absolute atomic E-state index is 0.107. The summed E-state index contributed by atoms with van der Waals surface area (Å²) in [6, 6.07) is 3.15. The highest BCUT2D eigenvalue weighted by molar-refractivity contribution is 7.18. The maximum atomic E-state index is 11.4. The molecule has 0 aliphatic heterocycles. The van der Waals surface area contributed by atoms with Crippen molar-refractivity contribution in [3.05, 3.63) is 22.5 Å². The number of aromatic nitrogens is 4. The summed E-state index contributed by atoms with van der Waals surface area (Å²) in [4.78, 5) is 11.4. The number of aryl methyl sites for hydroxylation is 1. The van der Waals surface area contributed by atoms with Crippen molar-refractivity contribution in [1.82, 2.24) is 20.0 Å². The van der Waals surface area contributed by atoms with E-state index in [9.17, 15) is 4.79 Å². The Bertz CT molecular complexity index is 547. The molecule has 0 amide bonds. The van der Waals surface area contributed by atoms with E-state index in [1.165, 1.54) is 22.1 Å². The second-order valence-electron chi connectivity index (χ2n) is 3.03. The molecule has 0 bridgehead atoms. The van der Waals surface area contributed by atoms with Gasteiger partial charge >= 0.3 is 0 Å². The van der Waals surface area contributed by atoms with E-state index in [0.717, 1.165) is 5.13 Å². The number of hydrogen-bond donors (Lipinski definition) is 1. The molecular formula is C9H11N5OS. The molecule has 0 unspecified atom stereocenters. The minimum Gasteiger partial charge on any atom is -0.363 e. The second kappa shape index (κ2) is 4.40. The van der Waals surface area contributed by atoms with Crippen LogP contribution in [-0.2, 0) is 6.54 Å². The van der Waals surface area contributed by atoms with E-state index >= 15 is 0 Å². The zero-order valence-corrected chi connectivity index (χ0v) is 9.78. The summed E-state index contributed by atoms with van der Waals surface area (Å²) in [7, 11) is 1.78. The van der Waals surface area contributed by atoms with Gasteiger partial charge < -0.3 is 5.32 Å². The van der Waals surface area contributed by atoms with Crippen molar-refractivity contribution >= 4 is 16.5 Å². The minimum atomic E-state index is -0.107. The Kier molecular flexibility index (Phi) is 2.95. The predicted octanol–water partition coefficient (Wildman–Crippen LogP) is 0.823. The summed E-state index contributed by atoms with van der Waals surface area (Å²) in [5.74, 6) is 0. The van der Waals surface area contributed by atoms with Gasteiger partial charge in [0.2, 0.25) is 5.13 Å². The van der Waals surface area contributed by atoms with E-state index < -0.39 is 0 Å². The van der Waals surface area contributed by atoms with Crippen LogP contribution >= 0.6 is 11.3 Å². The summed E-state index contributed by atoms with van der Waals surface area (Å²) in [6.07, 6.45) is 0. The summed E-state index contributed by atoms with van der Waals surface area (Å²) in [5, 5.41) is 16.4. The van der Waals surface area contributed by atoms with Gasteiger partial charge in [-0.1, -0.05) is 11.3 Å². The highest BCUT2D eigenvalue weighted by Crippen LogP contribution is 2.23. The molecule has 2 aromatic heterocycles. The van der Waals surface area contributed by atoms with Crippen LogP contribution < -0.4 is 10.9 Å². The average Bonchev–Trinajstić information content (AvgIpc) is 2.78. The smallest absolute Gasteiger partial charge is 0.266 e. The molecule has 84 valence electrons. The van der Waals surface area contributed by atoms with Crippen molar-refractivity contribution in [2.24, 2.45) is 0 Å². The molecule has 2 rings (SSSR count). The first-order chi connectivity index (χ1) is 7.74. The van der Waals surface area contributed by atoms with Gasteiger partial charge in [0.1, 0.15) is 5.69 Å². The lowest BCUT2D eigenvalue weighted by atomic mass is 10.4. The molecule has 0 saturated carbocycles. The normalized spacial score (nSPS) is 10.4. The fourth-order valence-corrected chi connectivity index (χ4v) is 1.88. The second-order valence-corrected chi connectivity index (χ2v) is 4.01. The molecule has 2 aromatic rings. The van der Waals surface area contributed by atoms with Crippen molar-refractivity contribution in [3.8, 4) is 10.7 Å². The molecule has 2 heterocycles. The van der Waals surface area contributed by atoms with Crippen molar-refractivity contribution in [1.29, 1.82) is 0 Å².